The van der Waals surface area contributed by atoms with Crippen molar-refractivity contribution in [2.75, 3.05) is 6.54 Å². The van der Waals surface area contributed by atoms with Gasteiger partial charge in [-0.3, -0.25) is 9.78 Å². The van der Waals surface area contributed by atoms with E-state index in [0.717, 1.165) is 31.2 Å². The number of amides is 1. The summed E-state index contributed by atoms with van der Waals surface area (Å²) in [7, 11) is 0. The van der Waals surface area contributed by atoms with Gasteiger partial charge < -0.3 is 9.42 Å². The number of aromatic nitrogens is 4. The van der Waals surface area contributed by atoms with Crippen molar-refractivity contribution in [3.8, 4) is 11.5 Å². The van der Waals surface area contributed by atoms with Crippen LogP contribution in [0.4, 0.5) is 0 Å². The Morgan fingerprint density at radius 2 is 2.00 bits per heavy atom. The molecule has 7 heteroatoms. The zero-order chi connectivity index (χ0) is 17.8. The van der Waals surface area contributed by atoms with Crippen molar-refractivity contribution in [1.29, 1.82) is 0 Å². The maximum absolute atomic E-state index is 13.0. The molecule has 1 atom stereocenters. The second-order valence-corrected chi connectivity index (χ2v) is 6.28. The van der Waals surface area contributed by atoms with Gasteiger partial charge in [0.05, 0.1) is 12.2 Å². The fourth-order valence-electron chi connectivity index (χ4n) is 3.24. The average Bonchev–Trinajstić information content (AvgIpc) is 3.07. The Morgan fingerprint density at radius 3 is 2.81 bits per heavy atom. The maximum Gasteiger partial charge on any atom is 0.274 e. The summed E-state index contributed by atoms with van der Waals surface area (Å²) >= 11 is 0. The van der Waals surface area contributed by atoms with Crippen LogP contribution in [-0.4, -0.2) is 37.5 Å². The summed E-state index contributed by atoms with van der Waals surface area (Å²) in [6, 6.07) is 9.42. The number of nitrogens with zero attached hydrogens (tertiary/aromatic N) is 5. The topological polar surface area (TPSA) is 85.0 Å². The van der Waals surface area contributed by atoms with Crippen molar-refractivity contribution in [3.63, 3.8) is 0 Å². The lowest BCUT2D eigenvalue weighted by Crippen LogP contribution is -2.35. The van der Waals surface area contributed by atoms with E-state index in [0.29, 0.717) is 24.0 Å². The minimum absolute atomic E-state index is 0.143. The molecule has 1 aliphatic rings. The molecule has 2 aromatic heterocycles. The molecule has 0 N–H and O–H groups in total. The Bertz CT molecular complexity index is 866. The van der Waals surface area contributed by atoms with Gasteiger partial charge in [0.2, 0.25) is 0 Å². The molecule has 1 fully saturated rings. The third-order valence-corrected chi connectivity index (χ3v) is 4.56. The van der Waals surface area contributed by atoms with E-state index in [1.165, 1.54) is 12.4 Å². The fourth-order valence-corrected chi connectivity index (χ4v) is 3.24. The van der Waals surface area contributed by atoms with Gasteiger partial charge in [0.25, 0.3) is 11.8 Å². The zero-order valence-electron chi connectivity index (χ0n) is 14.3. The van der Waals surface area contributed by atoms with E-state index < -0.39 is 0 Å². The van der Waals surface area contributed by atoms with E-state index in [4.69, 9.17) is 4.52 Å². The van der Waals surface area contributed by atoms with Crippen LogP contribution in [0.5, 0.6) is 0 Å². The Kier molecular flexibility index (Phi) is 4.68. The molecule has 3 heterocycles. The van der Waals surface area contributed by atoms with Gasteiger partial charge in [-0.15, -0.1) is 0 Å². The fraction of sp³-hybridized carbons (Fsp3) is 0.316. The van der Waals surface area contributed by atoms with Crippen LogP contribution in [0, 0.1) is 0 Å². The van der Waals surface area contributed by atoms with Crippen molar-refractivity contribution in [3.05, 3.63) is 60.4 Å². The van der Waals surface area contributed by atoms with Gasteiger partial charge in [0.15, 0.2) is 5.82 Å². The molecular weight excluding hydrogens is 330 g/mol. The Balaban J connectivity index is 1.64. The molecule has 1 aromatic carbocycles. The molecule has 3 aromatic rings. The molecule has 1 saturated heterocycles. The summed E-state index contributed by atoms with van der Waals surface area (Å²) in [4.78, 5) is 27.5. The highest BCUT2D eigenvalue weighted by Crippen LogP contribution is 2.30. The molecule has 0 spiro atoms. The Hall–Kier alpha value is -3.09. The van der Waals surface area contributed by atoms with Gasteiger partial charge in [0.1, 0.15) is 5.69 Å². The van der Waals surface area contributed by atoms with E-state index in [9.17, 15) is 4.79 Å². The molecule has 26 heavy (non-hydrogen) atoms. The number of hydrogen-bond donors (Lipinski definition) is 0. The predicted molar refractivity (Wildman–Crippen MR) is 94.0 cm³/mol. The molecule has 4 rings (SSSR count). The summed E-state index contributed by atoms with van der Waals surface area (Å²) in [6.45, 7) is 0.648. The standard InChI is InChI=1S/C19H19N5O2/c25-19(15-13-20-10-11-21-15)24-12-6-2-5-9-16(24)17-22-18(26-23-17)14-7-3-1-4-8-14/h1,3-4,7-8,10-11,13,16H,2,5-6,9,12H2. The van der Waals surface area contributed by atoms with Crippen LogP contribution < -0.4 is 0 Å². The van der Waals surface area contributed by atoms with Gasteiger partial charge in [0, 0.05) is 24.5 Å². The lowest BCUT2D eigenvalue weighted by molar-refractivity contribution is 0.0664. The highest BCUT2D eigenvalue weighted by Gasteiger charge is 2.31. The molecule has 132 valence electrons. The van der Waals surface area contributed by atoms with Crippen molar-refractivity contribution in [2.45, 2.75) is 31.7 Å². The highest BCUT2D eigenvalue weighted by molar-refractivity contribution is 5.92. The van der Waals surface area contributed by atoms with Gasteiger partial charge >= 0.3 is 0 Å². The number of likely N-dealkylation sites (tertiary alicyclic amines) is 1. The van der Waals surface area contributed by atoms with Crippen LogP contribution in [0.3, 0.4) is 0 Å². The lowest BCUT2D eigenvalue weighted by Gasteiger charge is -2.27. The third-order valence-electron chi connectivity index (χ3n) is 4.56. The number of benzene rings is 1. The van der Waals surface area contributed by atoms with Crippen molar-refractivity contribution < 1.29 is 9.32 Å². The second-order valence-electron chi connectivity index (χ2n) is 6.28. The monoisotopic (exact) mass is 349 g/mol. The number of rotatable bonds is 3. The van der Waals surface area contributed by atoms with Crippen LogP contribution in [0.15, 0.2) is 53.4 Å². The van der Waals surface area contributed by atoms with Gasteiger partial charge in [-0.05, 0) is 25.0 Å². The first-order chi connectivity index (χ1) is 12.8. The molecule has 0 aliphatic carbocycles. The first-order valence-corrected chi connectivity index (χ1v) is 8.79. The lowest BCUT2D eigenvalue weighted by atomic mass is 10.1. The minimum atomic E-state index is -0.215. The molecule has 1 unspecified atom stereocenters. The van der Waals surface area contributed by atoms with Crippen LogP contribution >= 0.6 is 0 Å². The number of carbonyl (C=O) groups excluding carboxylic acids is 1. The first kappa shape index (κ1) is 16.4. The molecule has 0 saturated carbocycles. The van der Waals surface area contributed by atoms with E-state index in [1.807, 2.05) is 30.3 Å². The highest BCUT2D eigenvalue weighted by atomic mass is 16.5. The summed E-state index contributed by atoms with van der Waals surface area (Å²) in [6.07, 6.45) is 8.43. The van der Waals surface area contributed by atoms with E-state index in [1.54, 1.807) is 11.1 Å². The Labute approximate surface area is 151 Å². The van der Waals surface area contributed by atoms with Crippen LogP contribution in [0.25, 0.3) is 11.5 Å². The smallest absolute Gasteiger partial charge is 0.274 e. The number of hydrogen-bond acceptors (Lipinski definition) is 6. The average molecular weight is 349 g/mol. The molecule has 7 nitrogen and oxygen atoms in total. The summed E-state index contributed by atoms with van der Waals surface area (Å²) < 4.78 is 5.45. The quantitative estimate of drug-likeness (QED) is 0.721. The zero-order valence-corrected chi connectivity index (χ0v) is 14.3. The summed E-state index contributed by atoms with van der Waals surface area (Å²) in [5, 5.41) is 4.17. The van der Waals surface area contributed by atoms with Crippen molar-refractivity contribution in [1.82, 2.24) is 25.0 Å². The maximum atomic E-state index is 13.0. The first-order valence-electron chi connectivity index (χ1n) is 8.79. The van der Waals surface area contributed by atoms with Gasteiger partial charge in [-0.2, -0.15) is 4.98 Å². The van der Waals surface area contributed by atoms with Crippen LogP contribution in [-0.2, 0) is 0 Å². The van der Waals surface area contributed by atoms with E-state index >= 15 is 0 Å². The normalized spacial score (nSPS) is 17.7. The second kappa shape index (κ2) is 7.43. The van der Waals surface area contributed by atoms with E-state index in [-0.39, 0.29) is 11.9 Å². The SMILES string of the molecule is O=C(c1cnccn1)N1CCCCCC1c1noc(-c2ccccc2)n1. The number of carbonyl (C=O) groups is 1. The largest absolute Gasteiger partial charge is 0.334 e. The molecular formula is C19H19N5O2. The molecule has 1 amide bonds. The minimum Gasteiger partial charge on any atom is -0.334 e. The van der Waals surface area contributed by atoms with Gasteiger partial charge in [-0.1, -0.05) is 36.2 Å². The predicted octanol–water partition coefficient (Wildman–Crippen LogP) is 3.28. The molecule has 0 radical (unpaired) electrons. The molecule has 0 bridgehead atoms. The van der Waals surface area contributed by atoms with Crippen LogP contribution in [0.1, 0.15) is 48.0 Å². The van der Waals surface area contributed by atoms with Crippen molar-refractivity contribution in [2.24, 2.45) is 0 Å². The summed E-state index contributed by atoms with van der Waals surface area (Å²) in [5.74, 6) is 0.871. The van der Waals surface area contributed by atoms with E-state index in [2.05, 4.69) is 20.1 Å². The third kappa shape index (κ3) is 3.33. The summed E-state index contributed by atoms with van der Waals surface area (Å²) in [5.41, 5.74) is 1.21. The van der Waals surface area contributed by atoms with Gasteiger partial charge in [-0.25, -0.2) is 4.98 Å². The Morgan fingerprint density at radius 1 is 1.12 bits per heavy atom. The molecule has 1 aliphatic heterocycles. The van der Waals surface area contributed by atoms with Crippen molar-refractivity contribution >= 4 is 5.91 Å². The van der Waals surface area contributed by atoms with Crippen LogP contribution in [0.2, 0.25) is 0 Å².